The SMILES string of the molecule is O=C(NC[C@@H](O)CN1CCc2ccccc2C1)c1ccc2ncccc2c1. The fourth-order valence-corrected chi connectivity index (χ4v) is 3.60. The number of hydrogen-bond acceptors (Lipinski definition) is 4. The zero-order chi connectivity index (χ0) is 18.6. The van der Waals surface area contributed by atoms with Crippen molar-refractivity contribution in [3.8, 4) is 0 Å². The van der Waals surface area contributed by atoms with E-state index >= 15 is 0 Å². The van der Waals surface area contributed by atoms with Crippen molar-refractivity contribution in [2.75, 3.05) is 19.6 Å². The molecule has 2 N–H and O–H groups in total. The van der Waals surface area contributed by atoms with Crippen LogP contribution < -0.4 is 5.32 Å². The number of benzene rings is 2. The Morgan fingerprint density at radius 1 is 1.15 bits per heavy atom. The van der Waals surface area contributed by atoms with E-state index < -0.39 is 6.10 Å². The lowest BCUT2D eigenvalue weighted by Crippen LogP contribution is -2.42. The zero-order valence-corrected chi connectivity index (χ0v) is 15.1. The number of hydrogen-bond donors (Lipinski definition) is 2. The summed E-state index contributed by atoms with van der Waals surface area (Å²) in [6.07, 6.45) is 2.14. The molecular weight excluding hydrogens is 338 g/mol. The van der Waals surface area contributed by atoms with E-state index in [2.05, 4.69) is 39.5 Å². The van der Waals surface area contributed by atoms with Gasteiger partial charge in [0.15, 0.2) is 0 Å². The van der Waals surface area contributed by atoms with E-state index in [1.54, 1.807) is 12.3 Å². The van der Waals surface area contributed by atoms with Crippen molar-refractivity contribution in [1.29, 1.82) is 0 Å². The Balaban J connectivity index is 1.31. The largest absolute Gasteiger partial charge is 0.390 e. The Morgan fingerprint density at radius 2 is 2.00 bits per heavy atom. The van der Waals surface area contributed by atoms with Gasteiger partial charge in [-0.05, 0) is 41.8 Å². The van der Waals surface area contributed by atoms with Crippen LogP contribution in [-0.2, 0) is 13.0 Å². The molecule has 3 aromatic rings. The molecular formula is C22H23N3O2. The molecule has 138 valence electrons. The van der Waals surface area contributed by atoms with Gasteiger partial charge in [0.25, 0.3) is 5.91 Å². The summed E-state index contributed by atoms with van der Waals surface area (Å²) in [5.41, 5.74) is 4.15. The molecule has 1 aromatic heterocycles. The van der Waals surface area contributed by atoms with Gasteiger partial charge in [-0.15, -0.1) is 0 Å². The minimum atomic E-state index is -0.596. The number of aromatic nitrogens is 1. The number of fused-ring (bicyclic) bond motifs is 2. The summed E-state index contributed by atoms with van der Waals surface area (Å²) >= 11 is 0. The molecule has 0 fully saturated rings. The summed E-state index contributed by atoms with van der Waals surface area (Å²) in [6, 6.07) is 17.6. The molecule has 0 aliphatic carbocycles. The Bertz CT molecular complexity index is 957. The zero-order valence-electron chi connectivity index (χ0n) is 15.1. The molecule has 5 heteroatoms. The molecule has 2 heterocycles. The predicted molar refractivity (Wildman–Crippen MR) is 106 cm³/mol. The van der Waals surface area contributed by atoms with Crippen LogP contribution in [0.4, 0.5) is 0 Å². The van der Waals surface area contributed by atoms with Crippen LogP contribution in [0, 0.1) is 0 Å². The van der Waals surface area contributed by atoms with Crippen molar-refractivity contribution in [3.63, 3.8) is 0 Å². The number of aliphatic hydroxyl groups is 1. The molecule has 2 aromatic carbocycles. The van der Waals surface area contributed by atoms with E-state index in [9.17, 15) is 9.90 Å². The third-order valence-electron chi connectivity index (χ3n) is 5.04. The molecule has 0 unspecified atom stereocenters. The fraction of sp³-hybridized carbons (Fsp3) is 0.273. The highest BCUT2D eigenvalue weighted by atomic mass is 16.3. The predicted octanol–water partition coefficient (Wildman–Crippen LogP) is 2.38. The highest BCUT2D eigenvalue weighted by Gasteiger charge is 2.19. The second-order valence-electron chi connectivity index (χ2n) is 7.03. The fourth-order valence-electron chi connectivity index (χ4n) is 3.60. The average Bonchev–Trinajstić information content (AvgIpc) is 2.71. The maximum Gasteiger partial charge on any atom is 0.251 e. The second-order valence-corrected chi connectivity index (χ2v) is 7.03. The van der Waals surface area contributed by atoms with E-state index in [0.717, 1.165) is 30.4 Å². The van der Waals surface area contributed by atoms with Crippen molar-refractivity contribution >= 4 is 16.8 Å². The van der Waals surface area contributed by atoms with Gasteiger partial charge in [-0.1, -0.05) is 30.3 Å². The summed E-state index contributed by atoms with van der Waals surface area (Å²) in [7, 11) is 0. The van der Waals surface area contributed by atoms with E-state index in [4.69, 9.17) is 0 Å². The van der Waals surface area contributed by atoms with Gasteiger partial charge >= 0.3 is 0 Å². The molecule has 0 saturated heterocycles. The molecule has 0 spiro atoms. The number of β-amino-alcohol motifs (C(OH)–C–C–N with tert-alkyl or cyclic N) is 1. The van der Waals surface area contributed by atoms with Crippen LogP contribution in [0.15, 0.2) is 60.8 Å². The molecule has 0 saturated carbocycles. The lowest BCUT2D eigenvalue weighted by molar-refractivity contribution is 0.0842. The first-order valence-electron chi connectivity index (χ1n) is 9.29. The third-order valence-corrected chi connectivity index (χ3v) is 5.04. The molecule has 1 amide bonds. The van der Waals surface area contributed by atoms with Crippen LogP contribution in [-0.4, -0.2) is 46.6 Å². The van der Waals surface area contributed by atoms with Crippen LogP contribution in [0.1, 0.15) is 21.5 Å². The van der Waals surface area contributed by atoms with Crippen molar-refractivity contribution < 1.29 is 9.90 Å². The molecule has 1 atom stereocenters. The van der Waals surface area contributed by atoms with E-state index in [0.29, 0.717) is 12.1 Å². The molecule has 0 radical (unpaired) electrons. The first-order chi connectivity index (χ1) is 13.2. The van der Waals surface area contributed by atoms with E-state index in [1.165, 1.54) is 11.1 Å². The van der Waals surface area contributed by atoms with Crippen molar-refractivity contribution in [2.45, 2.75) is 19.1 Å². The molecule has 27 heavy (non-hydrogen) atoms. The summed E-state index contributed by atoms with van der Waals surface area (Å²) in [5.74, 6) is -0.177. The smallest absolute Gasteiger partial charge is 0.251 e. The molecule has 0 bridgehead atoms. The van der Waals surface area contributed by atoms with Gasteiger partial charge in [-0.25, -0.2) is 0 Å². The van der Waals surface area contributed by atoms with Crippen LogP contribution in [0.25, 0.3) is 10.9 Å². The highest BCUT2D eigenvalue weighted by molar-refractivity contribution is 5.97. The Hall–Kier alpha value is -2.76. The summed E-state index contributed by atoms with van der Waals surface area (Å²) < 4.78 is 0. The van der Waals surface area contributed by atoms with Gasteiger partial charge in [-0.2, -0.15) is 0 Å². The van der Waals surface area contributed by atoms with Gasteiger partial charge in [0.1, 0.15) is 0 Å². The number of nitrogens with zero attached hydrogens (tertiary/aromatic N) is 2. The number of nitrogens with one attached hydrogen (secondary N) is 1. The lowest BCUT2D eigenvalue weighted by Gasteiger charge is -2.30. The number of carbonyl (C=O) groups is 1. The summed E-state index contributed by atoms with van der Waals surface area (Å²) in [6.45, 7) is 2.57. The number of carbonyl (C=O) groups excluding carboxylic acids is 1. The Morgan fingerprint density at radius 3 is 2.89 bits per heavy atom. The topological polar surface area (TPSA) is 65.5 Å². The number of amides is 1. The molecule has 4 rings (SSSR count). The lowest BCUT2D eigenvalue weighted by atomic mass is 10.00. The van der Waals surface area contributed by atoms with Gasteiger partial charge in [0.2, 0.25) is 0 Å². The number of pyridine rings is 1. The number of rotatable bonds is 5. The minimum absolute atomic E-state index is 0.177. The van der Waals surface area contributed by atoms with Gasteiger partial charge < -0.3 is 10.4 Å². The number of aliphatic hydroxyl groups excluding tert-OH is 1. The van der Waals surface area contributed by atoms with Crippen molar-refractivity contribution in [1.82, 2.24) is 15.2 Å². The molecule has 5 nitrogen and oxygen atoms in total. The maximum absolute atomic E-state index is 12.4. The van der Waals surface area contributed by atoms with Crippen LogP contribution in [0.3, 0.4) is 0 Å². The van der Waals surface area contributed by atoms with E-state index in [1.807, 2.05) is 24.3 Å². The molecule has 1 aliphatic rings. The minimum Gasteiger partial charge on any atom is -0.390 e. The monoisotopic (exact) mass is 361 g/mol. The average molecular weight is 361 g/mol. The van der Waals surface area contributed by atoms with Gasteiger partial charge in [0.05, 0.1) is 11.6 Å². The first kappa shape index (κ1) is 17.6. The Labute approximate surface area is 158 Å². The third kappa shape index (κ3) is 4.15. The Kier molecular flexibility index (Phi) is 5.14. The summed E-state index contributed by atoms with van der Waals surface area (Å²) in [4.78, 5) is 18.9. The standard InChI is InChI=1S/C22H23N3O2/c26-20(15-25-11-9-16-4-1-2-5-19(16)14-25)13-24-22(27)18-7-8-21-17(12-18)6-3-10-23-21/h1-8,10,12,20,26H,9,11,13-15H2,(H,24,27)/t20-/m1/s1. The van der Waals surface area contributed by atoms with Gasteiger partial charge in [-0.3, -0.25) is 14.7 Å². The van der Waals surface area contributed by atoms with Crippen LogP contribution >= 0.6 is 0 Å². The van der Waals surface area contributed by atoms with E-state index in [-0.39, 0.29) is 12.5 Å². The molecule has 1 aliphatic heterocycles. The maximum atomic E-state index is 12.4. The van der Waals surface area contributed by atoms with Gasteiger partial charge in [0, 0.05) is 43.3 Å². The quantitative estimate of drug-likeness (QED) is 0.732. The highest BCUT2D eigenvalue weighted by Crippen LogP contribution is 2.18. The first-order valence-corrected chi connectivity index (χ1v) is 9.29. The van der Waals surface area contributed by atoms with Crippen molar-refractivity contribution in [3.05, 3.63) is 77.5 Å². The van der Waals surface area contributed by atoms with Crippen LogP contribution in [0.2, 0.25) is 0 Å². The normalized spacial score (nSPS) is 15.3. The van der Waals surface area contributed by atoms with Crippen LogP contribution in [0.5, 0.6) is 0 Å². The summed E-state index contributed by atoms with van der Waals surface area (Å²) in [5, 5.41) is 14.1. The second kappa shape index (κ2) is 7.86. The van der Waals surface area contributed by atoms with Crippen molar-refractivity contribution in [2.24, 2.45) is 0 Å².